The predicted octanol–water partition coefficient (Wildman–Crippen LogP) is 1.03. The van der Waals surface area contributed by atoms with Crippen molar-refractivity contribution >= 4 is 0 Å². The summed E-state index contributed by atoms with van der Waals surface area (Å²) in [5.41, 5.74) is 2.51. The number of hydrogen-bond acceptors (Lipinski definition) is 5. The van der Waals surface area contributed by atoms with Crippen molar-refractivity contribution in [3.63, 3.8) is 0 Å². The first-order chi connectivity index (χ1) is 7.33. The number of phenolic OH excluding ortho intramolecular Hbond substituents is 1. The second-order valence-electron chi connectivity index (χ2n) is 3.28. The molecular weight excluding hydrogens is 198 g/mol. The van der Waals surface area contributed by atoms with Crippen LogP contribution >= 0.6 is 0 Å². The van der Waals surface area contributed by atoms with E-state index in [4.69, 9.17) is 14.7 Å². The van der Waals surface area contributed by atoms with E-state index in [1.54, 1.807) is 6.07 Å². The largest absolute Gasteiger partial charge is 0.507 e. The number of hydrogen-bond donors (Lipinski definition) is 3. The van der Waals surface area contributed by atoms with Crippen LogP contribution in [-0.2, 0) is 6.54 Å². The van der Waals surface area contributed by atoms with Crippen molar-refractivity contribution < 1.29 is 19.8 Å². The van der Waals surface area contributed by atoms with Crippen LogP contribution in [0.5, 0.6) is 17.2 Å². The van der Waals surface area contributed by atoms with Gasteiger partial charge in [-0.1, -0.05) is 0 Å². The fourth-order valence-corrected chi connectivity index (χ4v) is 1.53. The Morgan fingerprint density at radius 2 is 2.07 bits per heavy atom. The van der Waals surface area contributed by atoms with Crippen LogP contribution in [0.2, 0.25) is 0 Å². The van der Waals surface area contributed by atoms with Crippen molar-refractivity contribution in [1.29, 1.82) is 0 Å². The quantitative estimate of drug-likeness (QED) is 0.637. The molecule has 0 bridgehead atoms. The average Bonchev–Trinajstić information content (AvgIpc) is 2.47. The normalized spacial score (nSPS) is 14.7. The van der Waals surface area contributed by atoms with Crippen LogP contribution in [-0.4, -0.2) is 23.5 Å². The van der Waals surface area contributed by atoms with Crippen molar-refractivity contribution in [3.8, 4) is 17.2 Å². The number of fused-ring (bicyclic) bond motifs is 1. The molecule has 5 heteroatoms. The van der Waals surface area contributed by atoms with E-state index in [9.17, 15) is 5.11 Å². The van der Waals surface area contributed by atoms with E-state index in [-0.39, 0.29) is 12.3 Å². The number of hydroxylamine groups is 1. The zero-order valence-corrected chi connectivity index (χ0v) is 8.19. The van der Waals surface area contributed by atoms with Gasteiger partial charge in [-0.25, -0.2) is 5.48 Å². The molecule has 1 aromatic rings. The van der Waals surface area contributed by atoms with E-state index in [2.05, 4.69) is 0 Å². The highest BCUT2D eigenvalue weighted by molar-refractivity contribution is 5.53. The van der Waals surface area contributed by atoms with E-state index in [1.165, 1.54) is 6.07 Å². The monoisotopic (exact) mass is 211 g/mol. The second kappa shape index (κ2) is 4.37. The van der Waals surface area contributed by atoms with Gasteiger partial charge in [0.05, 0.1) is 25.3 Å². The highest BCUT2D eigenvalue weighted by atomic mass is 16.5. The van der Waals surface area contributed by atoms with Gasteiger partial charge in [0.15, 0.2) is 11.5 Å². The fourth-order valence-electron chi connectivity index (χ4n) is 1.53. The lowest BCUT2D eigenvalue weighted by Crippen LogP contribution is -2.08. The number of aromatic hydroxyl groups is 1. The molecule has 0 aliphatic carbocycles. The van der Waals surface area contributed by atoms with E-state index in [0.29, 0.717) is 30.3 Å². The molecule has 0 radical (unpaired) electrons. The lowest BCUT2D eigenvalue weighted by molar-refractivity contribution is 0.158. The highest BCUT2D eigenvalue weighted by Gasteiger charge is 2.17. The Hall–Kier alpha value is -1.46. The van der Waals surface area contributed by atoms with Gasteiger partial charge in [0.25, 0.3) is 0 Å². The Labute approximate surface area is 87.2 Å². The number of phenols is 1. The summed E-state index contributed by atoms with van der Waals surface area (Å²) in [4.78, 5) is 0. The third kappa shape index (κ3) is 1.98. The minimum absolute atomic E-state index is 0.0841. The molecule has 0 fully saturated rings. The summed E-state index contributed by atoms with van der Waals surface area (Å²) >= 11 is 0. The highest BCUT2D eigenvalue weighted by Crippen LogP contribution is 2.38. The third-order valence-corrected chi connectivity index (χ3v) is 2.25. The Bertz CT molecular complexity index is 354. The van der Waals surface area contributed by atoms with Gasteiger partial charge >= 0.3 is 0 Å². The van der Waals surface area contributed by atoms with Crippen LogP contribution in [0.15, 0.2) is 12.1 Å². The predicted molar refractivity (Wildman–Crippen MR) is 52.3 cm³/mol. The first kappa shape index (κ1) is 10.1. The Balaban J connectivity index is 2.42. The molecule has 1 heterocycles. The lowest BCUT2D eigenvalue weighted by Gasteiger charge is -2.13. The smallest absolute Gasteiger partial charge is 0.169 e. The lowest BCUT2D eigenvalue weighted by atomic mass is 10.1. The van der Waals surface area contributed by atoms with Gasteiger partial charge in [-0.2, -0.15) is 0 Å². The molecule has 0 unspecified atom stereocenters. The maximum Gasteiger partial charge on any atom is 0.169 e. The molecule has 1 aliphatic heterocycles. The summed E-state index contributed by atoms with van der Waals surface area (Å²) in [6.45, 7) is 1.27. The summed E-state index contributed by atoms with van der Waals surface area (Å²) in [5, 5.41) is 18.3. The molecule has 0 amide bonds. The van der Waals surface area contributed by atoms with E-state index in [0.717, 1.165) is 6.42 Å². The van der Waals surface area contributed by atoms with Gasteiger partial charge in [-0.05, 0) is 12.1 Å². The standard InChI is InChI=1S/C10H13NO4/c12-8-2-3-9-10(7(8)6-11-13)15-5-1-4-14-9/h2-3,11-13H,1,4-6H2. The maximum absolute atomic E-state index is 9.60. The fraction of sp³-hybridized carbons (Fsp3) is 0.400. The molecule has 15 heavy (non-hydrogen) atoms. The van der Waals surface area contributed by atoms with Gasteiger partial charge in [-0.3, -0.25) is 0 Å². The van der Waals surface area contributed by atoms with Crippen molar-refractivity contribution in [2.24, 2.45) is 0 Å². The third-order valence-electron chi connectivity index (χ3n) is 2.25. The van der Waals surface area contributed by atoms with Gasteiger partial charge in [0.2, 0.25) is 0 Å². The molecule has 0 atom stereocenters. The minimum Gasteiger partial charge on any atom is -0.507 e. The van der Waals surface area contributed by atoms with Crippen molar-refractivity contribution in [3.05, 3.63) is 17.7 Å². The minimum atomic E-state index is 0.0841. The summed E-state index contributed by atoms with van der Waals surface area (Å²) in [6, 6.07) is 3.19. The van der Waals surface area contributed by atoms with Gasteiger partial charge in [-0.15, -0.1) is 0 Å². The average molecular weight is 211 g/mol. The van der Waals surface area contributed by atoms with E-state index in [1.807, 2.05) is 5.48 Å². The molecule has 1 aliphatic rings. The topological polar surface area (TPSA) is 71.0 Å². The molecule has 5 nitrogen and oxygen atoms in total. The van der Waals surface area contributed by atoms with E-state index >= 15 is 0 Å². The van der Waals surface area contributed by atoms with Gasteiger partial charge in [0, 0.05) is 6.42 Å². The molecule has 3 N–H and O–H groups in total. The molecule has 0 saturated carbocycles. The zero-order valence-electron chi connectivity index (χ0n) is 8.19. The molecule has 2 rings (SSSR count). The summed E-state index contributed by atoms with van der Waals surface area (Å²) in [5.74, 6) is 1.20. The molecule has 1 aromatic carbocycles. The number of rotatable bonds is 2. The summed E-state index contributed by atoms with van der Waals surface area (Å²) in [6.07, 6.45) is 0.807. The molecule has 0 spiro atoms. The zero-order chi connectivity index (χ0) is 10.7. The first-order valence-corrected chi connectivity index (χ1v) is 4.80. The summed E-state index contributed by atoms with van der Waals surface area (Å²) in [7, 11) is 0. The van der Waals surface area contributed by atoms with Crippen LogP contribution in [0, 0.1) is 0 Å². The van der Waals surface area contributed by atoms with E-state index < -0.39 is 0 Å². The van der Waals surface area contributed by atoms with Crippen LogP contribution < -0.4 is 15.0 Å². The summed E-state index contributed by atoms with van der Waals surface area (Å²) < 4.78 is 10.9. The van der Waals surface area contributed by atoms with Gasteiger partial charge in [0.1, 0.15) is 5.75 Å². The molecule has 82 valence electrons. The van der Waals surface area contributed by atoms with Gasteiger partial charge < -0.3 is 19.8 Å². The first-order valence-electron chi connectivity index (χ1n) is 4.80. The van der Waals surface area contributed by atoms with Crippen LogP contribution in [0.1, 0.15) is 12.0 Å². The number of nitrogens with one attached hydrogen (secondary N) is 1. The Kier molecular flexibility index (Phi) is 2.94. The SMILES string of the molecule is ONCc1c(O)ccc2c1OCCCO2. The number of ether oxygens (including phenoxy) is 2. The molecule has 0 saturated heterocycles. The Morgan fingerprint density at radius 3 is 2.87 bits per heavy atom. The molecular formula is C10H13NO4. The van der Waals surface area contributed by atoms with Crippen LogP contribution in [0.25, 0.3) is 0 Å². The van der Waals surface area contributed by atoms with Crippen LogP contribution in [0.3, 0.4) is 0 Å². The number of benzene rings is 1. The van der Waals surface area contributed by atoms with Crippen molar-refractivity contribution in [1.82, 2.24) is 5.48 Å². The van der Waals surface area contributed by atoms with Crippen LogP contribution in [0.4, 0.5) is 0 Å². The Morgan fingerprint density at radius 1 is 1.27 bits per heavy atom. The maximum atomic E-state index is 9.60. The molecule has 0 aromatic heterocycles. The van der Waals surface area contributed by atoms with Crippen molar-refractivity contribution in [2.45, 2.75) is 13.0 Å². The van der Waals surface area contributed by atoms with Crippen molar-refractivity contribution in [2.75, 3.05) is 13.2 Å². The second-order valence-corrected chi connectivity index (χ2v) is 3.28.